The molecule has 0 radical (unpaired) electrons. The summed E-state index contributed by atoms with van der Waals surface area (Å²) < 4.78 is 18.1. The van der Waals surface area contributed by atoms with Crippen molar-refractivity contribution in [2.45, 2.75) is 32.4 Å². The van der Waals surface area contributed by atoms with Gasteiger partial charge in [0.2, 0.25) is 0 Å². The van der Waals surface area contributed by atoms with Gasteiger partial charge in [-0.25, -0.2) is 4.39 Å². The molecule has 2 aromatic rings. The van der Waals surface area contributed by atoms with Gasteiger partial charge >= 0.3 is 0 Å². The molecular weight excluding hydrogens is 229 g/mol. The minimum Gasteiger partial charge on any atom is -0.468 e. The molecule has 1 N–H and O–H groups in total. The van der Waals surface area contributed by atoms with Gasteiger partial charge in [-0.3, -0.25) is 0 Å². The number of hydrogen-bond acceptors (Lipinski definition) is 2. The Morgan fingerprint density at radius 2 is 1.89 bits per heavy atom. The third kappa shape index (κ3) is 3.44. The van der Waals surface area contributed by atoms with E-state index in [0.29, 0.717) is 6.04 Å². The summed E-state index contributed by atoms with van der Waals surface area (Å²) in [5.74, 6) is 0.740. The van der Waals surface area contributed by atoms with E-state index in [2.05, 4.69) is 19.2 Å². The van der Waals surface area contributed by atoms with Crippen molar-refractivity contribution >= 4 is 0 Å². The molecule has 3 heteroatoms. The van der Waals surface area contributed by atoms with Crippen LogP contribution in [0, 0.1) is 5.82 Å². The lowest BCUT2D eigenvalue weighted by Crippen LogP contribution is -2.30. The zero-order chi connectivity index (χ0) is 13.0. The second kappa shape index (κ2) is 5.83. The summed E-state index contributed by atoms with van der Waals surface area (Å²) in [4.78, 5) is 0. The number of rotatable bonds is 5. The van der Waals surface area contributed by atoms with Gasteiger partial charge in [0.1, 0.15) is 11.6 Å². The van der Waals surface area contributed by atoms with E-state index < -0.39 is 0 Å². The Balaban J connectivity index is 1.88. The van der Waals surface area contributed by atoms with Crippen LogP contribution in [0.25, 0.3) is 0 Å². The number of hydrogen-bond donors (Lipinski definition) is 1. The lowest BCUT2D eigenvalue weighted by Gasteiger charge is -2.18. The van der Waals surface area contributed by atoms with Crippen LogP contribution in [0.3, 0.4) is 0 Å². The van der Waals surface area contributed by atoms with Gasteiger partial charge in [0, 0.05) is 6.04 Å². The summed E-state index contributed by atoms with van der Waals surface area (Å²) in [6.07, 6.45) is 2.55. The second-order valence-electron chi connectivity index (χ2n) is 4.64. The molecular formula is C15H18FNO. The SMILES string of the molecule is CC(Cc1ccc(F)cc1)N[C@@H](C)c1ccco1. The van der Waals surface area contributed by atoms with E-state index in [-0.39, 0.29) is 11.9 Å². The van der Waals surface area contributed by atoms with Crippen molar-refractivity contribution in [3.05, 3.63) is 59.8 Å². The number of nitrogens with one attached hydrogen (secondary N) is 1. The van der Waals surface area contributed by atoms with Gasteiger partial charge in [-0.2, -0.15) is 0 Å². The lowest BCUT2D eigenvalue weighted by molar-refractivity contribution is 0.397. The third-order valence-corrected chi connectivity index (χ3v) is 2.96. The predicted molar refractivity (Wildman–Crippen MR) is 69.8 cm³/mol. The molecule has 1 heterocycles. The molecule has 0 aliphatic heterocycles. The van der Waals surface area contributed by atoms with E-state index in [1.807, 2.05) is 24.3 Å². The summed E-state index contributed by atoms with van der Waals surface area (Å²) in [5.41, 5.74) is 1.13. The van der Waals surface area contributed by atoms with Crippen LogP contribution in [0.15, 0.2) is 47.1 Å². The molecule has 2 nitrogen and oxygen atoms in total. The molecule has 2 atom stereocenters. The highest BCUT2D eigenvalue weighted by Gasteiger charge is 2.11. The first-order valence-electron chi connectivity index (χ1n) is 6.19. The summed E-state index contributed by atoms with van der Waals surface area (Å²) >= 11 is 0. The average Bonchev–Trinajstić information content (AvgIpc) is 2.85. The van der Waals surface area contributed by atoms with Crippen LogP contribution >= 0.6 is 0 Å². The highest BCUT2D eigenvalue weighted by atomic mass is 19.1. The fourth-order valence-electron chi connectivity index (χ4n) is 2.08. The number of furan rings is 1. The van der Waals surface area contributed by atoms with Crippen LogP contribution in [-0.4, -0.2) is 6.04 Å². The summed E-state index contributed by atoms with van der Waals surface area (Å²) in [7, 11) is 0. The first-order chi connectivity index (χ1) is 8.65. The second-order valence-corrected chi connectivity index (χ2v) is 4.64. The molecule has 1 aromatic heterocycles. The van der Waals surface area contributed by atoms with E-state index in [1.165, 1.54) is 12.1 Å². The molecule has 2 rings (SSSR count). The zero-order valence-corrected chi connectivity index (χ0v) is 10.7. The molecule has 0 saturated carbocycles. The van der Waals surface area contributed by atoms with E-state index in [1.54, 1.807) is 6.26 Å². The first kappa shape index (κ1) is 12.8. The molecule has 0 bridgehead atoms. The van der Waals surface area contributed by atoms with Crippen LogP contribution in [0.1, 0.15) is 31.2 Å². The minimum atomic E-state index is -0.191. The molecule has 0 spiro atoms. The molecule has 1 aromatic carbocycles. The molecule has 1 unspecified atom stereocenters. The Bertz CT molecular complexity index is 464. The summed E-state index contributed by atoms with van der Waals surface area (Å²) in [6, 6.07) is 11.0. The maximum atomic E-state index is 12.8. The number of halogens is 1. The van der Waals surface area contributed by atoms with E-state index in [4.69, 9.17) is 4.42 Å². The van der Waals surface area contributed by atoms with Crippen LogP contribution in [0.5, 0.6) is 0 Å². The Labute approximate surface area is 107 Å². The van der Waals surface area contributed by atoms with E-state index in [0.717, 1.165) is 17.7 Å². The molecule has 96 valence electrons. The molecule has 0 amide bonds. The maximum absolute atomic E-state index is 12.8. The van der Waals surface area contributed by atoms with Crippen LogP contribution in [0.4, 0.5) is 4.39 Å². The van der Waals surface area contributed by atoms with E-state index in [9.17, 15) is 4.39 Å². The predicted octanol–water partition coefficient (Wildman–Crippen LogP) is 3.70. The largest absolute Gasteiger partial charge is 0.468 e. The normalized spacial score (nSPS) is 14.4. The Morgan fingerprint density at radius 3 is 2.50 bits per heavy atom. The highest BCUT2D eigenvalue weighted by Crippen LogP contribution is 2.14. The van der Waals surface area contributed by atoms with Gasteiger partial charge in [-0.15, -0.1) is 0 Å². The van der Waals surface area contributed by atoms with Crippen LogP contribution in [-0.2, 0) is 6.42 Å². The van der Waals surface area contributed by atoms with E-state index >= 15 is 0 Å². The van der Waals surface area contributed by atoms with Crippen molar-refractivity contribution in [2.75, 3.05) is 0 Å². The Kier molecular flexibility index (Phi) is 4.15. The van der Waals surface area contributed by atoms with Gasteiger partial charge in [0.15, 0.2) is 0 Å². The lowest BCUT2D eigenvalue weighted by atomic mass is 10.1. The third-order valence-electron chi connectivity index (χ3n) is 2.96. The smallest absolute Gasteiger partial charge is 0.123 e. The van der Waals surface area contributed by atoms with Crippen molar-refractivity contribution in [3.8, 4) is 0 Å². The maximum Gasteiger partial charge on any atom is 0.123 e. The Hall–Kier alpha value is -1.61. The molecule has 18 heavy (non-hydrogen) atoms. The molecule has 0 saturated heterocycles. The van der Waals surface area contributed by atoms with Gasteiger partial charge in [-0.05, 0) is 50.1 Å². The van der Waals surface area contributed by atoms with Crippen LogP contribution < -0.4 is 5.32 Å². The summed E-state index contributed by atoms with van der Waals surface area (Å²) in [5, 5.41) is 3.46. The molecule has 0 fully saturated rings. The minimum absolute atomic E-state index is 0.176. The van der Waals surface area contributed by atoms with Gasteiger partial charge < -0.3 is 9.73 Å². The Morgan fingerprint density at radius 1 is 1.17 bits per heavy atom. The zero-order valence-electron chi connectivity index (χ0n) is 10.7. The fraction of sp³-hybridized carbons (Fsp3) is 0.333. The van der Waals surface area contributed by atoms with Gasteiger partial charge in [0.25, 0.3) is 0 Å². The quantitative estimate of drug-likeness (QED) is 0.871. The van der Waals surface area contributed by atoms with Crippen LogP contribution in [0.2, 0.25) is 0 Å². The van der Waals surface area contributed by atoms with Crippen molar-refractivity contribution in [1.82, 2.24) is 5.32 Å². The molecule has 0 aliphatic carbocycles. The van der Waals surface area contributed by atoms with Crippen molar-refractivity contribution < 1.29 is 8.81 Å². The van der Waals surface area contributed by atoms with Gasteiger partial charge in [0.05, 0.1) is 12.3 Å². The summed E-state index contributed by atoms with van der Waals surface area (Å²) in [6.45, 7) is 4.18. The average molecular weight is 247 g/mol. The highest BCUT2D eigenvalue weighted by molar-refractivity contribution is 5.17. The monoisotopic (exact) mass is 247 g/mol. The number of benzene rings is 1. The first-order valence-corrected chi connectivity index (χ1v) is 6.19. The van der Waals surface area contributed by atoms with Gasteiger partial charge in [-0.1, -0.05) is 12.1 Å². The fourth-order valence-corrected chi connectivity index (χ4v) is 2.08. The standard InChI is InChI=1S/C15H18FNO/c1-11(10-13-5-7-14(16)8-6-13)17-12(2)15-4-3-9-18-15/h3-9,11-12,17H,10H2,1-2H3/t11?,12-/m0/s1. The topological polar surface area (TPSA) is 25.2 Å². The van der Waals surface area contributed by atoms with Crippen molar-refractivity contribution in [1.29, 1.82) is 0 Å². The van der Waals surface area contributed by atoms with Crippen molar-refractivity contribution in [3.63, 3.8) is 0 Å². The molecule has 0 aliphatic rings. The van der Waals surface area contributed by atoms with Crippen molar-refractivity contribution in [2.24, 2.45) is 0 Å².